The molecule has 1 aromatic rings. The van der Waals surface area contributed by atoms with E-state index in [0.29, 0.717) is 24.4 Å². The molecule has 2 rings (SSSR count). The number of carbonyl (C=O) groups excluding carboxylic acids is 1. The fraction of sp³-hybridized carbons (Fsp3) is 0.400. The van der Waals surface area contributed by atoms with Crippen molar-refractivity contribution in [1.29, 1.82) is 5.26 Å². The van der Waals surface area contributed by atoms with Crippen LogP contribution in [-0.2, 0) is 4.79 Å². The lowest BCUT2D eigenvalue weighted by atomic mass is 10.1. The summed E-state index contributed by atoms with van der Waals surface area (Å²) in [6.07, 6.45) is 0.492. The summed E-state index contributed by atoms with van der Waals surface area (Å²) in [5, 5.41) is 11.5. The van der Waals surface area contributed by atoms with Gasteiger partial charge in [-0.25, -0.2) is 0 Å². The molecule has 2 heterocycles. The Kier molecular flexibility index (Phi) is 2.94. The molecule has 15 heavy (non-hydrogen) atoms. The van der Waals surface area contributed by atoms with Crippen LogP contribution in [0.3, 0.4) is 0 Å². The van der Waals surface area contributed by atoms with E-state index in [9.17, 15) is 4.79 Å². The number of alkyl halides is 1. The lowest BCUT2D eigenvalue weighted by Crippen LogP contribution is -2.24. The van der Waals surface area contributed by atoms with Gasteiger partial charge in [-0.15, -0.1) is 22.9 Å². The van der Waals surface area contributed by atoms with E-state index in [2.05, 4.69) is 6.07 Å². The zero-order valence-electron chi connectivity index (χ0n) is 7.94. The molecule has 0 saturated carbocycles. The topological polar surface area (TPSA) is 44.1 Å². The highest BCUT2D eigenvalue weighted by molar-refractivity contribution is 7.14. The molecule has 0 aromatic carbocycles. The number of hydrogen-bond donors (Lipinski definition) is 0. The molecule has 3 nitrogen and oxygen atoms in total. The smallest absolute Gasteiger partial charge is 0.228 e. The summed E-state index contributed by atoms with van der Waals surface area (Å²) in [7, 11) is 0. The number of carbonyl (C=O) groups is 1. The van der Waals surface area contributed by atoms with Gasteiger partial charge in [-0.05, 0) is 17.4 Å². The number of rotatable bonds is 2. The lowest BCUT2D eigenvalue weighted by molar-refractivity contribution is -0.117. The minimum atomic E-state index is 0.0691. The molecule has 0 spiro atoms. The molecule has 0 bridgehead atoms. The van der Waals surface area contributed by atoms with Crippen molar-refractivity contribution >= 4 is 33.8 Å². The number of amides is 1. The van der Waals surface area contributed by atoms with Gasteiger partial charge in [0, 0.05) is 18.8 Å². The second-order valence-electron chi connectivity index (χ2n) is 3.48. The molecule has 1 aliphatic heterocycles. The SMILES string of the molecule is N#Cc1ccsc1N1CC(CCl)CC1=O. The molecule has 0 N–H and O–H groups in total. The summed E-state index contributed by atoms with van der Waals surface area (Å²) in [6, 6.07) is 3.83. The van der Waals surface area contributed by atoms with Crippen molar-refractivity contribution in [1.82, 2.24) is 0 Å². The van der Waals surface area contributed by atoms with Gasteiger partial charge in [0.15, 0.2) is 0 Å². The maximum absolute atomic E-state index is 11.7. The third-order valence-electron chi connectivity index (χ3n) is 2.43. The van der Waals surface area contributed by atoms with Gasteiger partial charge >= 0.3 is 0 Å². The Balaban J connectivity index is 2.26. The Morgan fingerprint density at radius 1 is 1.73 bits per heavy atom. The molecule has 78 valence electrons. The van der Waals surface area contributed by atoms with Gasteiger partial charge in [-0.3, -0.25) is 4.79 Å². The van der Waals surface area contributed by atoms with Crippen LogP contribution >= 0.6 is 22.9 Å². The predicted molar refractivity (Wildman–Crippen MR) is 60.2 cm³/mol. The van der Waals surface area contributed by atoms with Gasteiger partial charge in [-0.2, -0.15) is 5.26 Å². The van der Waals surface area contributed by atoms with Gasteiger partial charge in [0.25, 0.3) is 0 Å². The molecule has 1 fully saturated rings. The molecule has 1 saturated heterocycles. The van der Waals surface area contributed by atoms with E-state index < -0.39 is 0 Å². The van der Waals surface area contributed by atoms with Gasteiger partial charge in [0.1, 0.15) is 11.1 Å². The van der Waals surface area contributed by atoms with Crippen molar-refractivity contribution in [3.63, 3.8) is 0 Å². The molecule has 1 aliphatic rings. The monoisotopic (exact) mass is 240 g/mol. The standard InChI is InChI=1S/C10H9ClN2OS/c11-4-7-3-9(14)13(6-7)10-8(5-12)1-2-15-10/h1-2,7H,3-4,6H2. The van der Waals surface area contributed by atoms with Crippen LogP contribution in [0, 0.1) is 17.2 Å². The summed E-state index contributed by atoms with van der Waals surface area (Å²) in [5.41, 5.74) is 0.573. The molecule has 1 amide bonds. The Bertz CT molecular complexity index is 423. The second kappa shape index (κ2) is 4.21. The van der Waals surface area contributed by atoms with Crippen molar-refractivity contribution in [3.05, 3.63) is 17.0 Å². The summed E-state index contributed by atoms with van der Waals surface area (Å²) in [6.45, 7) is 0.636. The summed E-state index contributed by atoms with van der Waals surface area (Å²) < 4.78 is 0. The van der Waals surface area contributed by atoms with Crippen LogP contribution < -0.4 is 4.90 Å². The van der Waals surface area contributed by atoms with Crippen molar-refractivity contribution < 1.29 is 4.79 Å². The predicted octanol–water partition coefficient (Wildman–Crippen LogP) is 2.21. The van der Waals surface area contributed by atoms with Crippen molar-refractivity contribution in [2.45, 2.75) is 6.42 Å². The van der Waals surface area contributed by atoms with E-state index in [1.807, 2.05) is 5.38 Å². The van der Waals surface area contributed by atoms with E-state index in [0.717, 1.165) is 5.00 Å². The van der Waals surface area contributed by atoms with Crippen LogP contribution in [0.15, 0.2) is 11.4 Å². The molecule has 1 unspecified atom stereocenters. The van der Waals surface area contributed by atoms with Crippen LogP contribution in [0.2, 0.25) is 0 Å². The average Bonchev–Trinajstić information content (AvgIpc) is 2.82. The second-order valence-corrected chi connectivity index (χ2v) is 4.68. The van der Waals surface area contributed by atoms with Crippen LogP contribution in [0.5, 0.6) is 0 Å². The number of thiophene rings is 1. The number of nitriles is 1. The maximum atomic E-state index is 11.7. The first-order chi connectivity index (χ1) is 7.26. The number of hydrogen-bond acceptors (Lipinski definition) is 3. The first-order valence-electron chi connectivity index (χ1n) is 4.60. The van der Waals surface area contributed by atoms with E-state index in [1.165, 1.54) is 11.3 Å². The summed E-state index contributed by atoms with van der Waals surface area (Å²) in [5.74, 6) is 0.780. The number of halogens is 1. The zero-order chi connectivity index (χ0) is 10.8. The molecule has 0 aliphatic carbocycles. The van der Waals surface area contributed by atoms with E-state index >= 15 is 0 Å². The minimum Gasteiger partial charge on any atom is -0.302 e. The van der Waals surface area contributed by atoms with Crippen LogP contribution in [0.4, 0.5) is 5.00 Å². The van der Waals surface area contributed by atoms with Crippen LogP contribution in [-0.4, -0.2) is 18.3 Å². The fourth-order valence-electron chi connectivity index (χ4n) is 1.68. The first-order valence-corrected chi connectivity index (χ1v) is 6.01. The van der Waals surface area contributed by atoms with Crippen molar-refractivity contribution in [3.8, 4) is 6.07 Å². The average molecular weight is 241 g/mol. The Hall–Kier alpha value is -1.05. The first kappa shape index (κ1) is 10.5. The molecule has 0 radical (unpaired) electrons. The minimum absolute atomic E-state index is 0.0691. The third kappa shape index (κ3) is 1.85. The van der Waals surface area contributed by atoms with Crippen molar-refractivity contribution in [2.75, 3.05) is 17.3 Å². The number of nitrogens with zero attached hydrogens (tertiary/aromatic N) is 2. The highest BCUT2D eigenvalue weighted by atomic mass is 35.5. The largest absolute Gasteiger partial charge is 0.302 e. The Morgan fingerprint density at radius 3 is 3.13 bits per heavy atom. The van der Waals surface area contributed by atoms with Crippen molar-refractivity contribution in [2.24, 2.45) is 5.92 Å². The van der Waals surface area contributed by atoms with Gasteiger partial charge in [0.05, 0.1) is 5.56 Å². The molecule has 1 atom stereocenters. The molecular formula is C10H9ClN2OS. The highest BCUT2D eigenvalue weighted by Gasteiger charge is 2.31. The maximum Gasteiger partial charge on any atom is 0.228 e. The van der Waals surface area contributed by atoms with E-state index in [1.54, 1.807) is 11.0 Å². The quantitative estimate of drug-likeness (QED) is 0.744. The van der Waals surface area contributed by atoms with E-state index in [4.69, 9.17) is 16.9 Å². The molecule has 5 heteroatoms. The van der Waals surface area contributed by atoms with Gasteiger partial charge in [0.2, 0.25) is 5.91 Å². The number of anilines is 1. The van der Waals surface area contributed by atoms with Gasteiger partial charge in [-0.1, -0.05) is 0 Å². The van der Waals surface area contributed by atoms with Crippen LogP contribution in [0.25, 0.3) is 0 Å². The Labute approximate surface area is 96.9 Å². The van der Waals surface area contributed by atoms with Gasteiger partial charge < -0.3 is 4.90 Å². The van der Waals surface area contributed by atoms with Crippen LogP contribution in [0.1, 0.15) is 12.0 Å². The normalized spacial score (nSPS) is 20.7. The highest BCUT2D eigenvalue weighted by Crippen LogP contribution is 2.32. The Morgan fingerprint density at radius 2 is 2.53 bits per heavy atom. The van der Waals surface area contributed by atoms with E-state index in [-0.39, 0.29) is 11.8 Å². The third-order valence-corrected chi connectivity index (χ3v) is 3.81. The lowest BCUT2D eigenvalue weighted by Gasteiger charge is -2.14. The summed E-state index contributed by atoms with van der Waals surface area (Å²) >= 11 is 7.16. The zero-order valence-corrected chi connectivity index (χ0v) is 9.51. The molecular weight excluding hydrogens is 232 g/mol. The molecule has 1 aromatic heterocycles. The fourth-order valence-corrected chi connectivity index (χ4v) is 2.76. The summed E-state index contributed by atoms with van der Waals surface area (Å²) in [4.78, 5) is 13.4.